The van der Waals surface area contributed by atoms with E-state index in [0.717, 1.165) is 5.56 Å². The summed E-state index contributed by atoms with van der Waals surface area (Å²) in [5, 5.41) is 23.4. The third kappa shape index (κ3) is 7.17. The molecule has 0 unspecified atom stereocenters. The molecule has 2 amide bonds. The fourth-order valence-corrected chi connectivity index (χ4v) is 5.49. The second-order valence-corrected chi connectivity index (χ2v) is 12.1. The normalized spacial score (nSPS) is 16.5. The molecule has 1 aliphatic heterocycles. The van der Waals surface area contributed by atoms with Crippen LogP contribution in [0.3, 0.4) is 0 Å². The molecular formula is C21H22ClFIN3O5S-2. The van der Waals surface area contributed by atoms with Crippen LogP contribution in [0.4, 0.5) is 14.9 Å². The Balaban J connectivity index is 1.98. The van der Waals surface area contributed by atoms with E-state index < -0.39 is 50.9 Å². The van der Waals surface area contributed by atoms with Crippen LogP contribution in [0.25, 0.3) is 0 Å². The van der Waals surface area contributed by atoms with Gasteiger partial charge in [-0.05, 0) is 0 Å². The van der Waals surface area contributed by atoms with Gasteiger partial charge in [-0.2, -0.15) is 0 Å². The van der Waals surface area contributed by atoms with Crippen LogP contribution in [0.15, 0.2) is 41.3 Å². The van der Waals surface area contributed by atoms with Crippen LogP contribution in [-0.4, -0.2) is 38.0 Å². The summed E-state index contributed by atoms with van der Waals surface area (Å²) in [6, 6.07) is 8.62. The van der Waals surface area contributed by atoms with E-state index >= 15 is 0 Å². The van der Waals surface area contributed by atoms with Crippen molar-refractivity contribution in [1.29, 1.82) is 0 Å². The number of nitrogens with zero attached hydrogens (tertiary/aromatic N) is 2. The number of thioether (sulfide) groups is 1. The summed E-state index contributed by atoms with van der Waals surface area (Å²) >= 11 is 5.46. The SMILES string of the molecule is CC(C)(C)OC(=O)N[C@H]1CSc2cc(F)c([I-]N([O-])O)cc2N(Cc2ccc(Cl)cc2)C1=O. The first-order valence-corrected chi connectivity index (χ1v) is 13.2. The summed E-state index contributed by atoms with van der Waals surface area (Å²) in [6.07, 6.45) is -0.737. The Hall–Kier alpha value is -1.64. The maximum absolute atomic E-state index is 14.6. The molecule has 1 heterocycles. The van der Waals surface area contributed by atoms with Crippen molar-refractivity contribution in [3.63, 3.8) is 0 Å². The Morgan fingerprint density at radius 1 is 1.39 bits per heavy atom. The first-order valence-electron chi connectivity index (χ1n) is 9.76. The number of amides is 2. The van der Waals surface area contributed by atoms with Crippen LogP contribution in [-0.2, 0) is 16.1 Å². The first kappa shape index (κ1) is 26.0. The van der Waals surface area contributed by atoms with Gasteiger partial charge in [0.1, 0.15) is 0 Å². The van der Waals surface area contributed by atoms with Crippen molar-refractivity contribution in [3.8, 4) is 0 Å². The van der Waals surface area contributed by atoms with Gasteiger partial charge in [0.05, 0.1) is 0 Å². The number of anilines is 1. The third-order valence-electron chi connectivity index (χ3n) is 4.37. The van der Waals surface area contributed by atoms with Gasteiger partial charge in [0, 0.05) is 0 Å². The molecule has 0 bridgehead atoms. The Labute approximate surface area is 210 Å². The molecule has 3 rings (SSSR count). The van der Waals surface area contributed by atoms with E-state index in [1.54, 1.807) is 45.0 Å². The van der Waals surface area contributed by atoms with Crippen LogP contribution in [0.1, 0.15) is 26.3 Å². The Morgan fingerprint density at radius 3 is 2.67 bits per heavy atom. The number of rotatable bonds is 5. The summed E-state index contributed by atoms with van der Waals surface area (Å²) in [6.45, 7) is 5.27. The molecule has 0 aliphatic carbocycles. The van der Waals surface area contributed by atoms with E-state index in [1.165, 1.54) is 28.8 Å². The minimum atomic E-state index is -1.72. The van der Waals surface area contributed by atoms with Crippen LogP contribution >= 0.6 is 23.4 Å². The maximum atomic E-state index is 14.6. The number of halogens is 3. The molecule has 33 heavy (non-hydrogen) atoms. The molecular weight excluding hydrogens is 588 g/mol. The van der Waals surface area contributed by atoms with E-state index in [4.69, 9.17) is 21.5 Å². The van der Waals surface area contributed by atoms with E-state index in [9.17, 15) is 19.2 Å². The van der Waals surface area contributed by atoms with E-state index in [1.807, 2.05) is 0 Å². The van der Waals surface area contributed by atoms with Crippen molar-refractivity contribution >= 4 is 41.1 Å². The molecule has 12 heteroatoms. The Kier molecular flexibility index (Phi) is 8.45. The van der Waals surface area contributed by atoms with Gasteiger partial charge in [0.15, 0.2) is 0 Å². The molecule has 1 atom stereocenters. The van der Waals surface area contributed by atoms with Crippen molar-refractivity contribution in [2.75, 3.05) is 10.7 Å². The van der Waals surface area contributed by atoms with E-state index in [2.05, 4.69) is 5.32 Å². The fraction of sp³-hybridized carbons (Fsp3) is 0.333. The third-order valence-corrected chi connectivity index (χ3v) is 7.52. The molecule has 2 aromatic carbocycles. The molecule has 0 fully saturated rings. The zero-order chi connectivity index (χ0) is 24.3. The van der Waals surface area contributed by atoms with Gasteiger partial charge in [-0.3, -0.25) is 0 Å². The second kappa shape index (κ2) is 10.7. The standard InChI is InChI=1S/C21H22ClFIN3O5S/c1-21(2,3)32-20(29)25-16-11-33-18-8-14(23)15(24-27(30)31)9-17(18)26(19(16)28)10-12-4-6-13(22)7-5-12/h4-9,16,30H,10-11H2,1-3H3,(H,25,29)/q-2/t16-/m0/s1. The average Bonchev–Trinajstić information content (AvgIpc) is 2.80. The number of nitrogens with one attached hydrogen (secondary N) is 1. The van der Waals surface area contributed by atoms with Gasteiger partial charge < -0.3 is 0 Å². The first-order chi connectivity index (χ1) is 15.4. The number of ether oxygens (including phenoxy) is 1. The topological polar surface area (TPSA) is 105 Å². The quantitative estimate of drug-likeness (QED) is 0.300. The molecule has 0 saturated carbocycles. The molecule has 0 spiro atoms. The van der Waals surface area contributed by atoms with Crippen LogP contribution in [0, 0.1) is 14.6 Å². The van der Waals surface area contributed by atoms with E-state index in [0.29, 0.717) is 15.6 Å². The van der Waals surface area contributed by atoms with Gasteiger partial charge in [0.25, 0.3) is 0 Å². The van der Waals surface area contributed by atoms with Gasteiger partial charge in [-0.15, -0.1) is 0 Å². The van der Waals surface area contributed by atoms with Crippen molar-refractivity contribution in [3.05, 3.63) is 61.6 Å². The van der Waals surface area contributed by atoms with Crippen molar-refractivity contribution in [2.24, 2.45) is 0 Å². The molecule has 2 N–H and O–H groups in total. The minimum absolute atomic E-state index is 0.0399. The number of hydrogen-bond acceptors (Lipinski definition) is 7. The number of carbonyl (C=O) groups is 2. The Morgan fingerprint density at radius 2 is 2.06 bits per heavy atom. The Bertz CT molecular complexity index is 1040. The fourth-order valence-electron chi connectivity index (χ4n) is 3.03. The van der Waals surface area contributed by atoms with Crippen molar-refractivity contribution < 1.29 is 45.4 Å². The summed E-state index contributed by atoms with van der Waals surface area (Å²) in [5.74, 6) is -0.897. The van der Waals surface area contributed by atoms with Crippen molar-refractivity contribution in [1.82, 2.24) is 8.76 Å². The van der Waals surface area contributed by atoms with Gasteiger partial charge in [0.2, 0.25) is 0 Å². The summed E-state index contributed by atoms with van der Waals surface area (Å²) in [7, 11) is 0. The zero-order valence-electron chi connectivity index (χ0n) is 18.0. The molecule has 0 saturated heterocycles. The molecule has 2 aromatic rings. The summed E-state index contributed by atoms with van der Waals surface area (Å²) in [5.41, 5.74) is 0.411. The number of benzene rings is 2. The van der Waals surface area contributed by atoms with Crippen molar-refractivity contribution in [2.45, 2.75) is 43.9 Å². The molecule has 8 nitrogen and oxygen atoms in total. The number of alkyl carbamates (subject to hydrolysis) is 1. The van der Waals surface area contributed by atoms with Gasteiger partial charge in [-0.25, -0.2) is 0 Å². The predicted molar refractivity (Wildman–Crippen MR) is 119 cm³/mol. The molecule has 0 radical (unpaired) electrons. The zero-order valence-corrected chi connectivity index (χ0v) is 21.7. The second-order valence-electron chi connectivity index (χ2n) is 8.11. The monoisotopic (exact) mass is 609 g/mol. The average molecular weight is 610 g/mol. The molecule has 0 aromatic heterocycles. The number of carbonyl (C=O) groups excluding carboxylic acids is 2. The summed E-state index contributed by atoms with van der Waals surface area (Å²) in [4.78, 5) is 27.8. The molecule has 180 valence electrons. The summed E-state index contributed by atoms with van der Waals surface area (Å²) < 4.78 is 19.6. The van der Waals surface area contributed by atoms with Crippen LogP contribution in [0.5, 0.6) is 0 Å². The molecule has 1 aliphatic rings. The van der Waals surface area contributed by atoms with E-state index in [-0.39, 0.29) is 19.3 Å². The van der Waals surface area contributed by atoms with Gasteiger partial charge >= 0.3 is 211 Å². The van der Waals surface area contributed by atoms with Gasteiger partial charge in [-0.1, -0.05) is 0 Å². The number of hydrogen-bond donors (Lipinski definition) is 2. The van der Waals surface area contributed by atoms with Crippen LogP contribution in [0.2, 0.25) is 5.02 Å². The predicted octanol–water partition coefficient (Wildman–Crippen LogP) is 1.37. The van der Waals surface area contributed by atoms with Crippen LogP contribution < -0.4 is 31.7 Å². The number of fused-ring (bicyclic) bond motifs is 1.